The smallest absolute Gasteiger partial charge is 0.270 e. The summed E-state index contributed by atoms with van der Waals surface area (Å²) in [6.45, 7) is 4.49. The molecule has 0 spiro atoms. The lowest BCUT2D eigenvalue weighted by molar-refractivity contribution is 0.0946. The molecule has 0 aliphatic heterocycles. The molecule has 0 fully saturated rings. The number of rotatable bonds is 6. The fraction of sp³-hybridized carbons (Fsp3) is 0.200. The Labute approximate surface area is 197 Å². The highest BCUT2D eigenvalue weighted by Gasteiger charge is 2.19. The Morgan fingerprint density at radius 2 is 1.88 bits per heavy atom. The van der Waals surface area contributed by atoms with Crippen molar-refractivity contribution in [1.82, 2.24) is 19.7 Å². The SMILES string of the molecule is Cc1ccc(C)c(-n2nc(-c3cccn3C)cc2C(=O)NCCc2ccc(Cl)cc2Cl)c1. The van der Waals surface area contributed by atoms with Crippen molar-refractivity contribution < 1.29 is 4.79 Å². The number of carbonyl (C=O) groups excluding carboxylic acids is 1. The molecule has 5 nitrogen and oxygen atoms in total. The van der Waals surface area contributed by atoms with Crippen molar-refractivity contribution in [3.63, 3.8) is 0 Å². The van der Waals surface area contributed by atoms with Gasteiger partial charge in [-0.15, -0.1) is 0 Å². The van der Waals surface area contributed by atoms with Crippen molar-refractivity contribution in [2.75, 3.05) is 6.54 Å². The Hall–Kier alpha value is -3.02. The van der Waals surface area contributed by atoms with Crippen LogP contribution in [0.15, 0.2) is 60.8 Å². The lowest BCUT2D eigenvalue weighted by Crippen LogP contribution is -2.28. The first-order chi connectivity index (χ1) is 15.3. The van der Waals surface area contributed by atoms with E-state index in [0.29, 0.717) is 28.7 Å². The first kappa shape index (κ1) is 22.2. The molecule has 7 heteroatoms. The van der Waals surface area contributed by atoms with E-state index in [-0.39, 0.29) is 5.91 Å². The van der Waals surface area contributed by atoms with Gasteiger partial charge in [0.1, 0.15) is 11.4 Å². The molecule has 0 bridgehead atoms. The van der Waals surface area contributed by atoms with Crippen LogP contribution in [-0.4, -0.2) is 26.8 Å². The van der Waals surface area contributed by atoms with Crippen LogP contribution in [-0.2, 0) is 13.5 Å². The molecule has 2 aromatic carbocycles. The van der Waals surface area contributed by atoms with Gasteiger partial charge in [-0.3, -0.25) is 4.79 Å². The summed E-state index contributed by atoms with van der Waals surface area (Å²) in [5.74, 6) is -0.191. The number of halogens is 2. The minimum absolute atomic E-state index is 0.191. The van der Waals surface area contributed by atoms with Gasteiger partial charge in [0.15, 0.2) is 0 Å². The van der Waals surface area contributed by atoms with Gasteiger partial charge in [-0.1, -0.05) is 41.4 Å². The second-order valence-corrected chi connectivity index (χ2v) is 8.71. The maximum absolute atomic E-state index is 13.2. The van der Waals surface area contributed by atoms with E-state index in [2.05, 4.69) is 11.4 Å². The highest BCUT2D eigenvalue weighted by atomic mass is 35.5. The lowest BCUT2D eigenvalue weighted by Gasteiger charge is -2.12. The minimum atomic E-state index is -0.191. The molecule has 0 saturated heterocycles. The monoisotopic (exact) mass is 466 g/mol. The number of benzene rings is 2. The van der Waals surface area contributed by atoms with E-state index in [1.807, 2.05) is 68.1 Å². The zero-order chi connectivity index (χ0) is 22.8. The zero-order valence-electron chi connectivity index (χ0n) is 18.2. The average Bonchev–Trinajstić information content (AvgIpc) is 3.37. The van der Waals surface area contributed by atoms with Gasteiger partial charge >= 0.3 is 0 Å². The lowest BCUT2D eigenvalue weighted by atomic mass is 10.1. The van der Waals surface area contributed by atoms with Gasteiger partial charge in [0.2, 0.25) is 0 Å². The summed E-state index contributed by atoms with van der Waals surface area (Å²) < 4.78 is 3.72. The minimum Gasteiger partial charge on any atom is -0.350 e. The molecule has 2 heterocycles. The quantitative estimate of drug-likeness (QED) is 0.391. The number of hydrogen-bond acceptors (Lipinski definition) is 2. The molecule has 4 rings (SSSR count). The number of aryl methyl sites for hydroxylation is 3. The molecule has 0 atom stereocenters. The Morgan fingerprint density at radius 1 is 1.06 bits per heavy atom. The Kier molecular flexibility index (Phi) is 6.40. The molecular weight excluding hydrogens is 443 g/mol. The van der Waals surface area contributed by atoms with Gasteiger partial charge in [-0.05, 0) is 73.4 Å². The summed E-state index contributed by atoms with van der Waals surface area (Å²) in [7, 11) is 1.96. The van der Waals surface area contributed by atoms with Gasteiger partial charge < -0.3 is 9.88 Å². The first-order valence-electron chi connectivity index (χ1n) is 10.3. The summed E-state index contributed by atoms with van der Waals surface area (Å²) in [4.78, 5) is 13.2. The molecule has 0 saturated carbocycles. The summed E-state index contributed by atoms with van der Waals surface area (Å²) in [5, 5.41) is 8.99. The number of carbonyl (C=O) groups is 1. The summed E-state index contributed by atoms with van der Waals surface area (Å²) in [5.41, 5.74) is 6.13. The maximum Gasteiger partial charge on any atom is 0.270 e. The van der Waals surface area contributed by atoms with E-state index in [9.17, 15) is 4.79 Å². The number of hydrogen-bond donors (Lipinski definition) is 1. The van der Waals surface area contributed by atoms with Crippen molar-refractivity contribution in [1.29, 1.82) is 0 Å². The van der Waals surface area contributed by atoms with Gasteiger partial charge in [0.25, 0.3) is 5.91 Å². The first-order valence-corrected chi connectivity index (χ1v) is 11.1. The van der Waals surface area contributed by atoms with E-state index in [0.717, 1.165) is 33.8 Å². The highest BCUT2D eigenvalue weighted by Crippen LogP contribution is 2.25. The maximum atomic E-state index is 13.2. The van der Waals surface area contributed by atoms with E-state index in [1.54, 1.807) is 16.8 Å². The van der Waals surface area contributed by atoms with Crippen LogP contribution in [0.5, 0.6) is 0 Å². The number of amides is 1. The van der Waals surface area contributed by atoms with Crippen LogP contribution in [0.3, 0.4) is 0 Å². The fourth-order valence-electron chi connectivity index (χ4n) is 3.65. The Morgan fingerprint density at radius 3 is 2.59 bits per heavy atom. The van der Waals surface area contributed by atoms with Gasteiger partial charge in [-0.25, -0.2) is 4.68 Å². The predicted molar refractivity (Wildman–Crippen MR) is 130 cm³/mol. The Bertz CT molecular complexity index is 1290. The van der Waals surface area contributed by atoms with Crippen molar-refractivity contribution in [3.8, 4) is 17.1 Å². The van der Waals surface area contributed by atoms with Crippen molar-refractivity contribution >= 4 is 29.1 Å². The van der Waals surface area contributed by atoms with Crippen LogP contribution in [0.1, 0.15) is 27.2 Å². The van der Waals surface area contributed by atoms with E-state index < -0.39 is 0 Å². The largest absolute Gasteiger partial charge is 0.350 e. The van der Waals surface area contributed by atoms with Gasteiger partial charge in [0.05, 0.1) is 11.4 Å². The zero-order valence-corrected chi connectivity index (χ0v) is 19.7. The average molecular weight is 467 g/mol. The molecule has 2 aromatic heterocycles. The number of nitrogens with one attached hydrogen (secondary N) is 1. The Balaban J connectivity index is 1.64. The van der Waals surface area contributed by atoms with E-state index in [1.165, 1.54) is 0 Å². The van der Waals surface area contributed by atoms with Crippen LogP contribution in [0.2, 0.25) is 10.0 Å². The normalized spacial score (nSPS) is 11.0. The van der Waals surface area contributed by atoms with Gasteiger partial charge in [-0.2, -0.15) is 5.10 Å². The number of nitrogens with zero attached hydrogens (tertiary/aromatic N) is 3. The third-order valence-electron chi connectivity index (χ3n) is 5.44. The van der Waals surface area contributed by atoms with E-state index in [4.69, 9.17) is 28.3 Å². The third kappa shape index (κ3) is 4.59. The van der Waals surface area contributed by atoms with Crippen LogP contribution in [0.4, 0.5) is 0 Å². The molecule has 0 aliphatic rings. The molecule has 0 radical (unpaired) electrons. The van der Waals surface area contributed by atoms with Crippen molar-refractivity contribution in [3.05, 3.63) is 93.2 Å². The topological polar surface area (TPSA) is 51.9 Å². The summed E-state index contributed by atoms with van der Waals surface area (Å²) in [6.07, 6.45) is 2.56. The number of aromatic nitrogens is 3. The standard InChI is InChI=1S/C25H24Cl2N4O/c1-16-6-7-17(2)23(13-16)31-24(15-21(29-31)22-5-4-12-30(22)3)25(32)28-11-10-18-8-9-19(26)14-20(18)27/h4-9,12-15H,10-11H2,1-3H3,(H,28,32). The van der Waals surface area contributed by atoms with Crippen LogP contribution >= 0.6 is 23.2 Å². The van der Waals surface area contributed by atoms with Crippen LogP contribution < -0.4 is 5.32 Å². The summed E-state index contributed by atoms with van der Waals surface area (Å²) in [6, 6.07) is 17.3. The molecule has 32 heavy (non-hydrogen) atoms. The molecule has 1 amide bonds. The van der Waals surface area contributed by atoms with Gasteiger partial charge in [0, 0.05) is 29.8 Å². The van der Waals surface area contributed by atoms with E-state index >= 15 is 0 Å². The molecular formula is C25H24Cl2N4O. The molecule has 0 unspecified atom stereocenters. The van der Waals surface area contributed by atoms with Crippen LogP contribution in [0, 0.1) is 13.8 Å². The summed E-state index contributed by atoms with van der Waals surface area (Å²) >= 11 is 12.2. The molecule has 0 aliphatic carbocycles. The van der Waals surface area contributed by atoms with Crippen LogP contribution in [0.25, 0.3) is 17.1 Å². The molecule has 4 aromatic rings. The van der Waals surface area contributed by atoms with Crippen molar-refractivity contribution in [2.24, 2.45) is 7.05 Å². The third-order valence-corrected chi connectivity index (χ3v) is 6.02. The highest BCUT2D eigenvalue weighted by molar-refractivity contribution is 6.35. The fourth-order valence-corrected chi connectivity index (χ4v) is 4.16. The predicted octanol–water partition coefficient (Wildman–Crippen LogP) is 5.77. The van der Waals surface area contributed by atoms with Crippen molar-refractivity contribution in [2.45, 2.75) is 20.3 Å². The molecule has 1 N–H and O–H groups in total. The second kappa shape index (κ2) is 9.23. The molecule has 164 valence electrons. The second-order valence-electron chi connectivity index (χ2n) is 7.86.